The van der Waals surface area contributed by atoms with Crippen LogP contribution in [0.1, 0.15) is 76.6 Å². The molecule has 3 aromatic carbocycles. The van der Waals surface area contributed by atoms with E-state index in [1.54, 1.807) is 24.3 Å². The number of amides is 1. The lowest BCUT2D eigenvalue weighted by atomic mass is 9.86. The molecule has 27 heteroatoms. The van der Waals surface area contributed by atoms with Gasteiger partial charge in [-0.1, -0.05) is 86.6 Å². The standard InChI is InChI=1S/C62H85N11O15S/c1-62(2,24-10-12-32-88-54-39-49(47-15-5-3-6-16-47)38-52(66-54)48-17-7-4-8-18-48)60-67-68-69-73(60)27-11-9-19-53(74)63-25-13-30-85-33-35-87-36-34-86-31-14-26-64-61(89)65-50-22-20-46(21-23-50)37-51(72(44-58(81)82)45-59(83)84)40-70(41-55(75)76)28-29-71(42-56(77)78)43-57(79)80/h3-8,15-18,20-23,38-39,51H,9-14,19,24-37,40-45H2,1-2H3,(H,63,74)(H,75,76)(H,77,78)(H,79,80)(H,81,82)(H,83,84)(H2,64,65,89)/t51-/m0/s1. The lowest BCUT2D eigenvalue weighted by molar-refractivity contribution is -0.144. The maximum Gasteiger partial charge on any atom is 0.317 e. The maximum absolute atomic E-state index is 12.5. The van der Waals surface area contributed by atoms with Crippen molar-refractivity contribution in [2.75, 3.05) is 117 Å². The Labute approximate surface area is 523 Å². The lowest BCUT2D eigenvalue weighted by Crippen LogP contribution is -2.51. The molecule has 89 heavy (non-hydrogen) atoms. The van der Waals surface area contributed by atoms with Crippen molar-refractivity contribution in [1.82, 2.24) is 50.5 Å². The number of aliphatic carboxylic acids is 5. The highest BCUT2D eigenvalue weighted by Crippen LogP contribution is 2.30. The Morgan fingerprint density at radius 3 is 1.78 bits per heavy atom. The van der Waals surface area contributed by atoms with E-state index >= 15 is 0 Å². The first-order valence-electron chi connectivity index (χ1n) is 29.8. The first-order valence-corrected chi connectivity index (χ1v) is 30.2. The Hall–Kier alpha value is -8.05. The zero-order chi connectivity index (χ0) is 64.2. The minimum absolute atomic E-state index is 0.00822. The van der Waals surface area contributed by atoms with Gasteiger partial charge in [0.05, 0.1) is 71.5 Å². The number of hydrogen-bond acceptors (Lipinski definition) is 18. The van der Waals surface area contributed by atoms with Gasteiger partial charge in [-0.05, 0) is 109 Å². The number of carbonyl (C=O) groups is 6. The van der Waals surface area contributed by atoms with Crippen molar-refractivity contribution in [3.8, 4) is 28.3 Å². The molecule has 0 aliphatic rings. The van der Waals surface area contributed by atoms with Gasteiger partial charge in [-0.3, -0.25) is 43.5 Å². The highest BCUT2D eigenvalue weighted by atomic mass is 32.1. The molecule has 0 spiro atoms. The fourth-order valence-corrected chi connectivity index (χ4v) is 9.85. The van der Waals surface area contributed by atoms with Gasteiger partial charge >= 0.3 is 29.8 Å². The number of ether oxygens (including phenoxy) is 4. The van der Waals surface area contributed by atoms with E-state index in [4.69, 9.17) is 36.1 Å². The molecule has 0 aliphatic carbocycles. The van der Waals surface area contributed by atoms with Crippen molar-refractivity contribution in [3.05, 3.63) is 108 Å². The van der Waals surface area contributed by atoms with E-state index in [-0.39, 0.29) is 37.4 Å². The van der Waals surface area contributed by atoms with Gasteiger partial charge < -0.3 is 60.4 Å². The Morgan fingerprint density at radius 1 is 0.607 bits per heavy atom. The molecule has 0 radical (unpaired) electrons. The Morgan fingerprint density at radius 2 is 1.17 bits per heavy atom. The molecule has 0 unspecified atom stereocenters. The number of rotatable bonds is 47. The van der Waals surface area contributed by atoms with Crippen LogP contribution in [-0.4, -0.2) is 224 Å². The molecule has 2 aromatic heterocycles. The number of tetrazole rings is 1. The van der Waals surface area contributed by atoms with Gasteiger partial charge in [0.1, 0.15) is 0 Å². The number of pyridine rings is 1. The van der Waals surface area contributed by atoms with Crippen LogP contribution in [0.5, 0.6) is 5.88 Å². The molecule has 0 bridgehead atoms. The maximum atomic E-state index is 12.5. The summed E-state index contributed by atoms with van der Waals surface area (Å²) in [5, 5.41) is 69.5. The summed E-state index contributed by atoms with van der Waals surface area (Å²) in [6.45, 7) is 5.56. The van der Waals surface area contributed by atoms with Crippen molar-refractivity contribution < 1.29 is 73.2 Å². The van der Waals surface area contributed by atoms with Crippen molar-refractivity contribution in [2.24, 2.45) is 0 Å². The third-order valence-corrected chi connectivity index (χ3v) is 14.3. The highest BCUT2D eigenvalue weighted by Gasteiger charge is 2.29. The van der Waals surface area contributed by atoms with Gasteiger partial charge in [-0.15, -0.1) is 5.10 Å². The van der Waals surface area contributed by atoms with Crippen LogP contribution in [0.3, 0.4) is 0 Å². The summed E-state index contributed by atoms with van der Waals surface area (Å²) in [5.74, 6) is -5.00. The molecule has 2 heterocycles. The van der Waals surface area contributed by atoms with E-state index in [0.717, 1.165) is 58.8 Å². The number of nitrogens with zero attached hydrogens (tertiary/aromatic N) is 8. The molecule has 0 saturated heterocycles. The van der Waals surface area contributed by atoms with Crippen molar-refractivity contribution >= 4 is 58.8 Å². The molecule has 5 rings (SSSR count). The summed E-state index contributed by atoms with van der Waals surface area (Å²) < 4.78 is 25.0. The summed E-state index contributed by atoms with van der Waals surface area (Å²) >= 11 is 5.45. The molecule has 8 N–H and O–H groups in total. The molecule has 26 nitrogen and oxygen atoms in total. The van der Waals surface area contributed by atoms with Crippen molar-refractivity contribution in [3.63, 3.8) is 0 Å². The zero-order valence-corrected chi connectivity index (χ0v) is 51.5. The molecule has 5 aromatic rings. The fourth-order valence-electron chi connectivity index (χ4n) is 9.63. The van der Waals surface area contributed by atoms with Crippen LogP contribution in [0.15, 0.2) is 97.1 Å². The number of thiocarbonyl (C=S) groups is 1. The van der Waals surface area contributed by atoms with Gasteiger partial charge in [-0.2, -0.15) is 0 Å². The van der Waals surface area contributed by atoms with Crippen molar-refractivity contribution in [1.29, 1.82) is 0 Å². The molecular formula is C62H85N11O15S. The average molecular weight is 1260 g/mol. The van der Waals surface area contributed by atoms with Gasteiger partial charge in [0, 0.05) is 87.7 Å². The summed E-state index contributed by atoms with van der Waals surface area (Å²) in [4.78, 5) is 79.2. The number of unbranched alkanes of at least 4 members (excludes halogenated alkanes) is 2. The monoisotopic (exact) mass is 1260 g/mol. The van der Waals surface area contributed by atoms with E-state index < -0.39 is 68.6 Å². The summed E-state index contributed by atoms with van der Waals surface area (Å²) in [6, 6.07) is 30.5. The van der Waals surface area contributed by atoms with Crippen LogP contribution in [0.4, 0.5) is 5.69 Å². The first kappa shape index (κ1) is 71.7. The molecule has 484 valence electrons. The number of aryl methyl sites for hydroxylation is 1. The predicted molar refractivity (Wildman–Crippen MR) is 335 cm³/mol. The average Bonchev–Trinajstić information content (AvgIpc) is 3.75. The van der Waals surface area contributed by atoms with Gasteiger partial charge in [0.2, 0.25) is 11.8 Å². The molecule has 0 saturated carbocycles. The fraction of sp³-hybridized carbons (Fsp3) is 0.500. The Kier molecular flexibility index (Phi) is 32.0. The normalized spacial score (nSPS) is 11.8. The zero-order valence-electron chi connectivity index (χ0n) is 50.7. The molecule has 1 atom stereocenters. The SMILES string of the molecule is CC(C)(CCCCOc1cc(-c2ccccc2)cc(-c2ccccc2)n1)c1nnnn1CCCCC(=O)NCCCOCCOCCOCCCNC(=S)Nc1ccc(C[C@@H](CN(CCN(CC(=O)O)CC(=O)O)CC(=O)O)N(CC(=O)O)CC(=O)O)cc1. The third kappa shape index (κ3) is 29.2. The number of hydrogen-bond donors (Lipinski definition) is 8. The molecule has 0 aliphatic heterocycles. The first-order chi connectivity index (χ1) is 42.8. The van der Waals surface area contributed by atoms with Gasteiger partial charge in [-0.25, -0.2) is 9.67 Å². The second-order valence-electron chi connectivity index (χ2n) is 21.8. The van der Waals surface area contributed by atoms with Crippen LogP contribution in [0, 0.1) is 0 Å². The van der Waals surface area contributed by atoms with Gasteiger partial charge in [0.15, 0.2) is 10.9 Å². The van der Waals surface area contributed by atoms with E-state index in [0.29, 0.717) is 114 Å². The van der Waals surface area contributed by atoms with Crippen LogP contribution in [0.2, 0.25) is 0 Å². The van der Waals surface area contributed by atoms with E-state index in [1.807, 2.05) is 47.1 Å². The number of anilines is 1. The minimum Gasteiger partial charge on any atom is -0.480 e. The topological polar surface area (TPSA) is 343 Å². The van der Waals surface area contributed by atoms with Crippen LogP contribution in [-0.2, 0) is 61.4 Å². The number of carboxylic acids is 5. The second-order valence-corrected chi connectivity index (χ2v) is 22.2. The van der Waals surface area contributed by atoms with Crippen molar-refractivity contribution in [2.45, 2.75) is 89.6 Å². The third-order valence-electron chi connectivity index (χ3n) is 14.0. The minimum atomic E-state index is -1.30. The number of nitrogens with one attached hydrogen (secondary N) is 3. The lowest BCUT2D eigenvalue weighted by Gasteiger charge is -2.34. The smallest absolute Gasteiger partial charge is 0.317 e. The highest BCUT2D eigenvalue weighted by molar-refractivity contribution is 7.80. The largest absolute Gasteiger partial charge is 0.480 e. The number of benzene rings is 3. The molecular weight excluding hydrogens is 1170 g/mol. The van der Waals surface area contributed by atoms with Gasteiger partial charge in [0.25, 0.3) is 0 Å². The molecule has 1 amide bonds. The number of aromatic nitrogens is 5. The Balaban J connectivity index is 0.871. The predicted octanol–water partition coefficient (Wildman–Crippen LogP) is 5.27. The summed E-state index contributed by atoms with van der Waals surface area (Å²) in [6.07, 6.45) is 5.92. The summed E-state index contributed by atoms with van der Waals surface area (Å²) in [5.41, 5.74) is 5.09. The quantitative estimate of drug-likeness (QED) is 0.0182. The van der Waals surface area contributed by atoms with Crippen LogP contribution >= 0.6 is 12.2 Å². The van der Waals surface area contributed by atoms with Crippen LogP contribution in [0.25, 0.3) is 22.4 Å². The summed E-state index contributed by atoms with van der Waals surface area (Å²) in [7, 11) is 0. The van der Waals surface area contributed by atoms with E-state index in [2.05, 4.69) is 75.7 Å². The number of carbonyl (C=O) groups excluding carboxylic acids is 1. The number of carboxylic acid groups (broad SMARTS) is 5. The molecule has 0 fully saturated rings. The van der Waals surface area contributed by atoms with E-state index in [9.17, 15) is 54.3 Å². The second kappa shape index (κ2) is 39.8. The Bertz CT molecular complexity index is 2870. The van der Waals surface area contributed by atoms with Crippen LogP contribution < -0.4 is 20.7 Å². The van der Waals surface area contributed by atoms with E-state index in [1.165, 1.54) is 9.80 Å².